The van der Waals surface area contributed by atoms with Gasteiger partial charge in [-0.15, -0.1) is 11.3 Å². The summed E-state index contributed by atoms with van der Waals surface area (Å²) in [6.07, 6.45) is 3.49. The topological polar surface area (TPSA) is 36.8 Å². The zero-order valence-electron chi connectivity index (χ0n) is 14.1. The average molecular weight is 342 g/mol. The van der Waals surface area contributed by atoms with Crippen molar-refractivity contribution in [2.75, 3.05) is 43.4 Å². The number of hydrogen-bond donors (Lipinski definition) is 2. The molecule has 1 aliphatic heterocycles. The lowest BCUT2D eigenvalue weighted by Gasteiger charge is -2.32. The molecule has 2 heterocycles. The van der Waals surface area contributed by atoms with Gasteiger partial charge in [0, 0.05) is 4.88 Å². The Balaban J connectivity index is 1.52. The monoisotopic (exact) mass is 342 g/mol. The lowest BCUT2D eigenvalue weighted by molar-refractivity contribution is -0.880. The van der Waals surface area contributed by atoms with E-state index < -0.39 is 0 Å². The van der Waals surface area contributed by atoms with Gasteiger partial charge < -0.3 is 15.1 Å². The molecule has 2 aliphatic rings. The highest BCUT2D eigenvalue weighted by Crippen LogP contribution is 2.32. The summed E-state index contributed by atoms with van der Waals surface area (Å²) in [6, 6.07) is 10.3. The Kier molecular flexibility index (Phi) is 4.29. The number of nitrogens with zero attached hydrogens (tertiary/aromatic N) is 1. The predicted octanol–water partition coefficient (Wildman–Crippen LogP) is 1.82. The van der Waals surface area contributed by atoms with Crippen molar-refractivity contribution in [3.63, 3.8) is 0 Å². The zero-order valence-corrected chi connectivity index (χ0v) is 14.9. The maximum absolute atomic E-state index is 12.7. The van der Waals surface area contributed by atoms with E-state index in [4.69, 9.17) is 0 Å². The van der Waals surface area contributed by atoms with Crippen molar-refractivity contribution in [2.24, 2.45) is 0 Å². The summed E-state index contributed by atoms with van der Waals surface area (Å²) >= 11 is 1.66. The van der Waals surface area contributed by atoms with Crippen molar-refractivity contribution in [1.82, 2.24) is 0 Å². The Bertz CT molecular complexity index is 725. The lowest BCUT2D eigenvalue weighted by Crippen LogP contribution is -3.12. The second kappa shape index (κ2) is 6.57. The number of benzene rings is 1. The van der Waals surface area contributed by atoms with Gasteiger partial charge in [0.1, 0.15) is 0 Å². The molecule has 5 heteroatoms. The van der Waals surface area contributed by atoms with Crippen LogP contribution in [-0.2, 0) is 12.8 Å². The van der Waals surface area contributed by atoms with E-state index in [1.165, 1.54) is 16.9 Å². The van der Waals surface area contributed by atoms with E-state index in [1.54, 1.807) is 16.2 Å². The van der Waals surface area contributed by atoms with Gasteiger partial charge in [-0.25, -0.2) is 0 Å². The molecule has 1 aromatic heterocycles. The van der Waals surface area contributed by atoms with Crippen molar-refractivity contribution in [3.05, 3.63) is 45.6 Å². The minimum Gasteiger partial charge on any atom is -0.359 e. The van der Waals surface area contributed by atoms with Gasteiger partial charge in [0.25, 0.3) is 5.91 Å². The Hall–Kier alpha value is -1.85. The molecule has 2 N–H and O–H groups in total. The molecule has 0 saturated carbocycles. The first-order valence-electron chi connectivity index (χ1n) is 8.79. The number of anilines is 2. The number of carbonyl (C=O) groups excluding carboxylic acids is 1. The third kappa shape index (κ3) is 3.06. The van der Waals surface area contributed by atoms with E-state index in [-0.39, 0.29) is 5.91 Å². The first kappa shape index (κ1) is 15.7. The maximum Gasteiger partial charge on any atom is 0.265 e. The van der Waals surface area contributed by atoms with E-state index in [1.807, 2.05) is 12.1 Å². The van der Waals surface area contributed by atoms with Crippen LogP contribution >= 0.6 is 11.3 Å². The van der Waals surface area contributed by atoms with Crippen molar-refractivity contribution in [2.45, 2.75) is 19.3 Å². The van der Waals surface area contributed by atoms with Crippen molar-refractivity contribution >= 4 is 28.6 Å². The van der Waals surface area contributed by atoms with Crippen LogP contribution in [0.1, 0.15) is 26.5 Å². The van der Waals surface area contributed by atoms with E-state index in [0.29, 0.717) is 0 Å². The standard InChI is InChI=1S/C19H23N3OS/c1-21-9-11-22(12-10-21)16-7-3-2-6-15(16)20-19(23)18-13-14-5-4-8-17(14)24-18/h2-3,6-7,13H,4-5,8-12H2,1H3,(H,20,23)/p+1. The number of quaternary nitrogens is 1. The van der Waals surface area contributed by atoms with E-state index in [0.717, 1.165) is 55.3 Å². The number of carbonyl (C=O) groups is 1. The Morgan fingerprint density at radius 2 is 2.00 bits per heavy atom. The van der Waals surface area contributed by atoms with Crippen LogP contribution in [-0.4, -0.2) is 39.1 Å². The number of likely N-dealkylation sites (N-methyl/N-ethyl adjacent to an activating group) is 1. The molecule has 0 spiro atoms. The molecule has 0 atom stereocenters. The molecule has 2 aromatic rings. The Morgan fingerprint density at radius 1 is 1.21 bits per heavy atom. The lowest BCUT2D eigenvalue weighted by atomic mass is 10.2. The molecule has 0 radical (unpaired) electrons. The fourth-order valence-electron chi connectivity index (χ4n) is 3.61. The van der Waals surface area contributed by atoms with Crippen LogP contribution in [0.4, 0.5) is 11.4 Å². The third-order valence-electron chi connectivity index (χ3n) is 5.08. The van der Waals surface area contributed by atoms with Crippen molar-refractivity contribution in [3.8, 4) is 0 Å². The van der Waals surface area contributed by atoms with Gasteiger partial charge in [0.05, 0.1) is 49.5 Å². The van der Waals surface area contributed by atoms with Crippen molar-refractivity contribution in [1.29, 1.82) is 0 Å². The van der Waals surface area contributed by atoms with Gasteiger partial charge in [-0.2, -0.15) is 0 Å². The second-order valence-corrected chi connectivity index (χ2v) is 7.96. The first-order valence-corrected chi connectivity index (χ1v) is 9.60. The summed E-state index contributed by atoms with van der Waals surface area (Å²) in [7, 11) is 2.24. The van der Waals surface area contributed by atoms with Gasteiger partial charge >= 0.3 is 0 Å². The number of hydrogen-bond acceptors (Lipinski definition) is 3. The maximum atomic E-state index is 12.7. The third-order valence-corrected chi connectivity index (χ3v) is 6.32. The SMILES string of the molecule is C[NH+]1CCN(c2ccccc2NC(=O)c2cc3c(s2)CCC3)CC1. The number of rotatable bonds is 3. The van der Waals surface area contributed by atoms with Crippen LogP contribution in [0, 0.1) is 0 Å². The second-order valence-electron chi connectivity index (χ2n) is 6.83. The van der Waals surface area contributed by atoms with Crippen LogP contribution < -0.4 is 15.1 Å². The van der Waals surface area contributed by atoms with Crippen LogP contribution in [0.2, 0.25) is 0 Å². The molecule has 0 unspecified atom stereocenters. The fraction of sp³-hybridized carbons (Fsp3) is 0.421. The molecule has 1 amide bonds. The summed E-state index contributed by atoms with van der Waals surface area (Å²) in [4.78, 5) is 18.9. The smallest absolute Gasteiger partial charge is 0.265 e. The number of amides is 1. The quantitative estimate of drug-likeness (QED) is 0.893. The molecule has 4 rings (SSSR count). The summed E-state index contributed by atoms with van der Waals surface area (Å²) in [5.74, 6) is 0.0293. The van der Waals surface area contributed by atoms with Crippen LogP contribution in [0.5, 0.6) is 0 Å². The normalized spacial score (nSPS) is 17.8. The number of thiophene rings is 1. The zero-order chi connectivity index (χ0) is 16.5. The van der Waals surface area contributed by atoms with Crippen LogP contribution in [0.15, 0.2) is 30.3 Å². The van der Waals surface area contributed by atoms with Crippen LogP contribution in [0.25, 0.3) is 0 Å². The summed E-state index contributed by atoms with van der Waals surface area (Å²) in [5.41, 5.74) is 3.44. The van der Waals surface area contributed by atoms with Gasteiger partial charge in [-0.05, 0) is 43.0 Å². The molecule has 4 nitrogen and oxygen atoms in total. The van der Waals surface area contributed by atoms with Gasteiger partial charge in [-0.3, -0.25) is 4.79 Å². The molecule has 126 valence electrons. The van der Waals surface area contributed by atoms with Gasteiger partial charge in [0.2, 0.25) is 0 Å². The molecular formula is C19H24N3OS+. The van der Waals surface area contributed by atoms with E-state index in [2.05, 4.69) is 35.5 Å². The van der Waals surface area contributed by atoms with Gasteiger partial charge in [0.15, 0.2) is 0 Å². The van der Waals surface area contributed by atoms with Crippen LogP contribution in [0.3, 0.4) is 0 Å². The highest BCUT2D eigenvalue weighted by Gasteiger charge is 2.22. The predicted molar refractivity (Wildman–Crippen MR) is 99.6 cm³/mol. The molecule has 1 aromatic carbocycles. The minimum atomic E-state index is 0.0293. The average Bonchev–Trinajstić information content (AvgIpc) is 3.18. The minimum absolute atomic E-state index is 0.0293. The number of aryl methyl sites for hydroxylation is 2. The number of nitrogens with one attached hydrogen (secondary N) is 2. The summed E-state index contributed by atoms with van der Waals surface area (Å²) < 4.78 is 0. The highest BCUT2D eigenvalue weighted by molar-refractivity contribution is 7.14. The molecule has 0 bridgehead atoms. The molecule has 1 saturated heterocycles. The number of piperazine rings is 1. The molecular weight excluding hydrogens is 318 g/mol. The fourth-order valence-corrected chi connectivity index (χ4v) is 4.76. The Labute approximate surface area is 147 Å². The van der Waals surface area contributed by atoms with E-state index >= 15 is 0 Å². The molecule has 1 fully saturated rings. The van der Waals surface area contributed by atoms with E-state index in [9.17, 15) is 4.79 Å². The highest BCUT2D eigenvalue weighted by atomic mass is 32.1. The molecule has 1 aliphatic carbocycles. The first-order chi connectivity index (χ1) is 11.7. The Morgan fingerprint density at radius 3 is 2.79 bits per heavy atom. The largest absolute Gasteiger partial charge is 0.359 e. The summed E-state index contributed by atoms with van der Waals surface area (Å²) in [5, 5.41) is 3.15. The number of fused-ring (bicyclic) bond motifs is 1. The molecule has 24 heavy (non-hydrogen) atoms. The number of para-hydroxylation sites is 2. The van der Waals surface area contributed by atoms with Crippen molar-refractivity contribution < 1.29 is 9.69 Å². The summed E-state index contributed by atoms with van der Waals surface area (Å²) in [6.45, 7) is 4.35. The van der Waals surface area contributed by atoms with Gasteiger partial charge in [-0.1, -0.05) is 12.1 Å².